The van der Waals surface area contributed by atoms with E-state index in [1.807, 2.05) is 37.3 Å². The van der Waals surface area contributed by atoms with Crippen LogP contribution in [0.3, 0.4) is 0 Å². The zero-order chi connectivity index (χ0) is 13.9. The van der Waals surface area contributed by atoms with Crippen molar-refractivity contribution in [3.05, 3.63) is 59.9 Å². The summed E-state index contributed by atoms with van der Waals surface area (Å²) < 4.78 is 0. The molecular formula is C16H15N3O. The number of aromatic nitrogens is 2. The number of nitrogens with one attached hydrogen (secondary N) is 2. The van der Waals surface area contributed by atoms with Crippen molar-refractivity contribution >= 4 is 22.4 Å². The van der Waals surface area contributed by atoms with Gasteiger partial charge in [0.05, 0.1) is 12.1 Å². The largest absolute Gasteiger partial charge is 0.325 e. The number of rotatable bonds is 3. The van der Waals surface area contributed by atoms with Crippen LogP contribution in [0.5, 0.6) is 0 Å². The van der Waals surface area contributed by atoms with E-state index in [9.17, 15) is 4.79 Å². The summed E-state index contributed by atoms with van der Waals surface area (Å²) in [5.41, 5.74) is 2.75. The second-order valence-corrected chi connectivity index (χ2v) is 4.79. The van der Waals surface area contributed by atoms with Crippen molar-refractivity contribution in [2.45, 2.75) is 13.3 Å². The number of hydrogen-bond acceptors (Lipinski definition) is 2. The van der Waals surface area contributed by atoms with Crippen LogP contribution in [0.2, 0.25) is 0 Å². The van der Waals surface area contributed by atoms with Gasteiger partial charge in [0.15, 0.2) is 0 Å². The van der Waals surface area contributed by atoms with Crippen LogP contribution >= 0.6 is 0 Å². The number of anilines is 1. The number of H-pyrrole nitrogens is 1. The molecule has 2 N–H and O–H groups in total. The van der Waals surface area contributed by atoms with Crippen LogP contribution in [0.4, 0.5) is 5.69 Å². The van der Waals surface area contributed by atoms with E-state index < -0.39 is 0 Å². The average molecular weight is 265 g/mol. The Labute approximate surface area is 116 Å². The summed E-state index contributed by atoms with van der Waals surface area (Å²) in [4.78, 5) is 12.1. The third-order valence-electron chi connectivity index (χ3n) is 3.31. The quantitative estimate of drug-likeness (QED) is 0.764. The molecule has 0 atom stereocenters. The normalized spacial score (nSPS) is 10.7. The number of nitrogens with zero attached hydrogens (tertiary/aromatic N) is 1. The Bertz CT molecular complexity index is 748. The van der Waals surface area contributed by atoms with Gasteiger partial charge in [-0.2, -0.15) is 5.10 Å². The maximum Gasteiger partial charge on any atom is 0.230 e. The first-order chi connectivity index (χ1) is 9.74. The molecule has 4 nitrogen and oxygen atoms in total. The third-order valence-corrected chi connectivity index (χ3v) is 3.31. The summed E-state index contributed by atoms with van der Waals surface area (Å²) in [6.07, 6.45) is 1.94. The Balaban J connectivity index is 1.90. The number of amides is 1. The number of benzene rings is 2. The second-order valence-electron chi connectivity index (χ2n) is 4.79. The van der Waals surface area contributed by atoms with Gasteiger partial charge < -0.3 is 5.32 Å². The lowest BCUT2D eigenvalue weighted by Crippen LogP contribution is -2.15. The van der Waals surface area contributed by atoms with E-state index in [1.54, 1.807) is 12.3 Å². The Kier molecular flexibility index (Phi) is 3.21. The third kappa shape index (κ3) is 2.40. The molecule has 0 aliphatic carbocycles. The lowest BCUT2D eigenvalue weighted by Gasteiger charge is -2.11. The summed E-state index contributed by atoms with van der Waals surface area (Å²) >= 11 is 0. The van der Waals surface area contributed by atoms with Crippen LogP contribution in [0.15, 0.2) is 48.7 Å². The monoisotopic (exact) mass is 265 g/mol. The molecule has 0 unspecified atom stereocenters. The summed E-state index contributed by atoms with van der Waals surface area (Å²) in [6, 6.07) is 13.9. The van der Waals surface area contributed by atoms with Gasteiger partial charge in [-0.15, -0.1) is 0 Å². The van der Waals surface area contributed by atoms with E-state index in [-0.39, 0.29) is 5.91 Å². The Hall–Kier alpha value is -2.62. The van der Waals surface area contributed by atoms with Crippen LogP contribution in [-0.4, -0.2) is 16.1 Å². The molecule has 0 aliphatic rings. The Morgan fingerprint density at radius 1 is 1.20 bits per heavy atom. The van der Waals surface area contributed by atoms with Crippen molar-refractivity contribution in [3.8, 4) is 0 Å². The first-order valence-electron chi connectivity index (χ1n) is 6.50. The fourth-order valence-electron chi connectivity index (χ4n) is 2.29. The van der Waals surface area contributed by atoms with E-state index in [1.165, 1.54) is 0 Å². The molecule has 0 aliphatic heterocycles. The molecule has 0 radical (unpaired) electrons. The summed E-state index contributed by atoms with van der Waals surface area (Å²) in [6.45, 7) is 2.00. The van der Waals surface area contributed by atoms with Crippen LogP contribution in [0.1, 0.15) is 11.3 Å². The molecule has 2 aromatic carbocycles. The van der Waals surface area contributed by atoms with E-state index in [0.29, 0.717) is 6.42 Å². The van der Waals surface area contributed by atoms with Crippen molar-refractivity contribution < 1.29 is 4.79 Å². The molecule has 100 valence electrons. The zero-order valence-electron chi connectivity index (χ0n) is 11.2. The zero-order valence-corrected chi connectivity index (χ0v) is 11.2. The summed E-state index contributed by atoms with van der Waals surface area (Å²) in [7, 11) is 0. The number of fused-ring (bicyclic) bond motifs is 1. The van der Waals surface area contributed by atoms with Crippen molar-refractivity contribution in [1.29, 1.82) is 0 Å². The molecule has 0 fully saturated rings. The van der Waals surface area contributed by atoms with Crippen LogP contribution in [-0.2, 0) is 11.2 Å². The average Bonchev–Trinajstić information content (AvgIpc) is 2.95. The number of aromatic amines is 1. The van der Waals surface area contributed by atoms with Crippen molar-refractivity contribution in [2.75, 3.05) is 5.32 Å². The van der Waals surface area contributed by atoms with E-state index in [2.05, 4.69) is 21.6 Å². The number of carbonyl (C=O) groups excluding carboxylic acids is 1. The smallest absolute Gasteiger partial charge is 0.230 e. The lowest BCUT2D eigenvalue weighted by molar-refractivity contribution is -0.115. The topological polar surface area (TPSA) is 57.8 Å². The predicted octanol–water partition coefficient (Wildman–Crippen LogP) is 3.05. The molecule has 0 bridgehead atoms. The first-order valence-corrected chi connectivity index (χ1v) is 6.50. The summed E-state index contributed by atoms with van der Waals surface area (Å²) in [5, 5.41) is 11.8. The van der Waals surface area contributed by atoms with Gasteiger partial charge in [0.1, 0.15) is 0 Å². The molecule has 4 heteroatoms. The molecule has 0 spiro atoms. The van der Waals surface area contributed by atoms with Gasteiger partial charge >= 0.3 is 0 Å². The van der Waals surface area contributed by atoms with Gasteiger partial charge in [-0.3, -0.25) is 9.89 Å². The van der Waals surface area contributed by atoms with Gasteiger partial charge in [-0.25, -0.2) is 0 Å². The Morgan fingerprint density at radius 3 is 2.85 bits per heavy atom. The molecule has 20 heavy (non-hydrogen) atoms. The molecule has 0 saturated heterocycles. The van der Waals surface area contributed by atoms with Gasteiger partial charge in [0.25, 0.3) is 0 Å². The number of aryl methyl sites for hydroxylation is 1. The van der Waals surface area contributed by atoms with E-state index >= 15 is 0 Å². The highest BCUT2D eigenvalue weighted by Crippen LogP contribution is 2.27. The first kappa shape index (κ1) is 12.4. The fraction of sp³-hybridized carbons (Fsp3) is 0.125. The van der Waals surface area contributed by atoms with Gasteiger partial charge in [-0.1, -0.05) is 36.4 Å². The highest BCUT2D eigenvalue weighted by atomic mass is 16.1. The van der Waals surface area contributed by atoms with E-state index in [0.717, 1.165) is 27.7 Å². The van der Waals surface area contributed by atoms with Gasteiger partial charge in [0, 0.05) is 17.3 Å². The Morgan fingerprint density at radius 2 is 2.05 bits per heavy atom. The predicted molar refractivity (Wildman–Crippen MR) is 79.6 cm³/mol. The van der Waals surface area contributed by atoms with Crippen molar-refractivity contribution in [3.63, 3.8) is 0 Å². The fourth-order valence-corrected chi connectivity index (χ4v) is 2.29. The molecule has 0 saturated carbocycles. The standard InChI is InChI=1S/C16H15N3O/c1-11-6-7-12-4-2-3-5-14(12)16(11)18-15(20)10-13-8-9-17-19-13/h2-9H,10H2,1H3,(H,17,19)(H,18,20). The number of hydrogen-bond donors (Lipinski definition) is 2. The lowest BCUT2D eigenvalue weighted by atomic mass is 10.0. The SMILES string of the molecule is Cc1ccc2ccccc2c1NC(=O)Cc1ccn[nH]1. The molecule has 3 aromatic rings. The molecule has 1 aromatic heterocycles. The highest BCUT2D eigenvalue weighted by Gasteiger charge is 2.09. The minimum Gasteiger partial charge on any atom is -0.325 e. The van der Waals surface area contributed by atoms with Crippen molar-refractivity contribution in [2.24, 2.45) is 0 Å². The maximum absolute atomic E-state index is 12.1. The molecule has 3 rings (SSSR count). The highest BCUT2D eigenvalue weighted by molar-refractivity contribution is 6.03. The van der Waals surface area contributed by atoms with Crippen LogP contribution in [0.25, 0.3) is 10.8 Å². The van der Waals surface area contributed by atoms with Gasteiger partial charge in [-0.05, 0) is 23.9 Å². The summed E-state index contributed by atoms with van der Waals surface area (Å²) in [5.74, 6) is -0.0475. The molecule has 1 amide bonds. The molecular weight excluding hydrogens is 250 g/mol. The minimum atomic E-state index is -0.0475. The van der Waals surface area contributed by atoms with E-state index in [4.69, 9.17) is 0 Å². The minimum absolute atomic E-state index is 0.0475. The van der Waals surface area contributed by atoms with Crippen molar-refractivity contribution in [1.82, 2.24) is 10.2 Å². The maximum atomic E-state index is 12.1. The van der Waals surface area contributed by atoms with Gasteiger partial charge in [0.2, 0.25) is 5.91 Å². The van der Waals surface area contributed by atoms with Crippen LogP contribution < -0.4 is 5.32 Å². The number of carbonyl (C=O) groups is 1. The molecule has 1 heterocycles. The second kappa shape index (κ2) is 5.17. The van der Waals surface area contributed by atoms with Crippen LogP contribution in [0, 0.1) is 6.92 Å².